The molecule has 66 heavy (non-hydrogen) atoms. The number of benzene rings is 4. The molecule has 4 N–H and O–H groups in total. The minimum Gasteiger partial charge on any atom is -0.453 e. The van der Waals surface area contributed by atoms with Crippen LogP contribution in [0, 0.1) is 0 Å². The number of amides is 4. The van der Waals surface area contributed by atoms with Crippen molar-refractivity contribution in [2.45, 2.75) is 74.1 Å². The quantitative estimate of drug-likeness (QED) is 0.0794. The van der Waals surface area contributed by atoms with Crippen molar-refractivity contribution >= 4 is 35.6 Å². The molecule has 15 heteroatoms. The Bertz CT molecular complexity index is 2630. The molecule has 2 unspecified atom stereocenters. The fourth-order valence-electron chi connectivity index (χ4n) is 9.09. The first-order valence-electron chi connectivity index (χ1n) is 22.6. The fourth-order valence-corrected chi connectivity index (χ4v) is 10.5. The van der Waals surface area contributed by atoms with Crippen molar-refractivity contribution in [1.82, 2.24) is 45.3 Å². The van der Waals surface area contributed by atoms with E-state index in [1.807, 2.05) is 90.8 Å². The van der Waals surface area contributed by atoms with Gasteiger partial charge in [0, 0.05) is 24.8 Å². The zero-order valence-electron chi connectivity index (χ0n) is 37.4. The van der Waals surface area contributed by atoms with Gasteiger partial charge in [-0.15, -0.1) is 11.8 Å². The summed E-state index contributed by atoms with van der Waals surface area (Å²) in [7, 11) is 5.14. The molecule has 6 aromatic rings. The van der Waals surface area contributed by atoms with Gasteiger partial charge in [-0.05, 0) is 79.6 Å². The number of H-pyrrole nitrogens is 2. The first-order valence-corrected chi connectivity index (χ1v) is 23.7. The summed E-state index contributed by atoms with van der Waals surface area (Å²) in [6.07, 6.45) is 7.54. The maximum absolute atomic E-state index is 14.6. The van der Waals surface area contributed by atoms with Crippen LogP contribution in [0.15, 0.2) is 122 Å². The molecular weight excluding hydrogens is 851 g/mol. The smallest absolute Gasteiger partial charge is 0.407 e. The van der Waals surface area contributed by atoms with Crippen molar-refractivity contribution in [3.05, 3.63) is 144 Å². The number of ether oxygens (including phenoxy) is 1. The summed E-state index contributed by atoms with van der Waals surface area (Å²) in [5.74, 6) is 1.91. The predicted molar refractivity (Wildman–Crippen MR) is 255 cm³/mol. The number of aromatic nitrogens is 4. The molecule has 9 rings (SSSR count). The number of carbonyl (C=O) groups is 4. The zero-order chi connectivity index (χ0) is 45.7. The summed E-state index contributed by atoms with van der Waals surface area (Å²) < 4.78 is 4.84. The van der Waals surface area contributed by atoms with E-state index in [4.69, 9.17) is 14.7 Å². The topological polar surface area (TPSA) is 169 Å². The second kappa shape index (κ2) is 19.8. The van der Waals surface area contributed by atoms with E-state index >= 15 is 0 Å². The van der Waals surface area contributed by atoms with Crippen molar-refractivity contribution in [3.63, 3.8) is 0 Å². The van der Waals surface area contributed by atoms with Crippen LogP contribution < -0.4 is 10.6 Å². The molecule has 1 aliphatic carbocycles. The third-order valence-corrected chi connectivity index (χ3v) is 14.0. The number of rotatable bonds is 15. The van der Waals surface area contributed by atoms with E-state index in [1.54, 1.807) is 22.9 Å². The van der Waals surface area contributed by atoms with Crippen LogP contribution in [0.3, 0.4) is 0 Å². The van der Waals surface area contributed by atoms with Gasteiger partial charge in [0.1, 0.15) is 23.7 Å². The monoisotopic (exact) mass is 905 g/mol. The summed E-state index contributed by atoms with van der Waals surface area (Å²) in [5, 5.41) is 5.65. The lowest BCUT2D eigenvalue weighted by Gasteiger charge is -2.34. The summed E-state index contributed by atoms with van der Waals surface area (Å²) in [6, 6.07) is 34.0. The number of thioether (sulfide) groups is 1. The average Bonchev–Trinajstić information content (AvgIpc) is 3.82. The van der Waals surface area contributed by atoms with Gasteiger partial charge in [0.2, 0.25) is 11.8 Å². The molecule has 340 valence electrons. The largest absolute Gasteiger partial charge is 0.453 e. The lowest BCUT2D eigenvalue weighted by atomic mass is 10.0. The molecule has 4 amide bonds. The number of nitrogens with zero attached hydrogens (tertiary/aromatic N) is 5. The molecule has 3 aliphatic rings. The first-order chi connectivity index (χ1) is 32.1. The second-order valence-electron chi connectivity index (χ2n) is 17.4. The Morgan fingerprint density at radius 2 is 1.30 bits per heavy atom. The van der Waals surface area contributed by atoms with Crippen LogP contribution in [0.4, 0.5) is 4.79 Å². The first kappa shape index (κ1) is 44.5. The minimum atomic E-state index is -0.884. The summed E-state index contributed by atoms with van der Waals surface area (Å²) in [5.41, 5.74) is 7.35. The van der Waals surface area contributed by atoms with Gasteiger partial charge in [0.15, 0.2) is 0 Å². The van der Waals surface area contributed by atoms with E-state index in [0.717, 1.165) is 70.7 Å². The van der Waals surface area contributed by atoms with Crippen LogP contribution in [0.25, 0.3) is 33.6 Å². The lowest BCUT2D eigenvalue weighted by molar-refractivity contribution is -0.139. The molecule has 5 atom stereocenters. The SMILES string of the molecule is COC(=O)N[C@@H](C(=O)N1CCC[C@H]1c1ncc(-c2ccc(-c3ccc(-c4cnc([C@@H]5CSC(CCC(=O)NC6CC6)N5C(=O)C(c5ccccc5)N(C)C)[nH]4)cc3)cc2)[nH]1)c1ccccc1. The van der Waals surface area contributed by atoms with E-state index in [1.165, 1.54) is 7.11 Å². The van der Waals surface area contributed by atoms with Gasteiger partial charge in [0.05, 0.1) is 48.3 Å². The summed E-state index contributed by atoms with van der Waals surface area (Å²) >= 11 is 1.71. The Kier molecular flexibility index (Phi) is 13.3. The number of alkyl carbamates (subject to hydrolysis) is 1. The number of likely N-dealkylation sites (N-methyl/N-ethyl adjacent to an activating group) is 1. The highest BCUT2D eigenvalue weighted by atomic mass is 32.2. The van der Waals surface area contributed by atoms with Gasteiger partial charge in [-0.3, -0.25) is 19.3 Å². The van der Waals surface area contributed by atoms with Gasteiger partial charge in [-0.2, -0.15) is 0 Å². The number of nitrogens with one attached hydrogen (secondary N) is 4. The third-order valence-electron chi connectivity index (χ3n) is 12.7. The second-order valence-corrected chi connectivity index (χ2v) is 18.6. The Morgan fingerprint density at radius 3 is 1.86 bits per heavy atom. The maximum Gasteiger partial charge on any atom is 0.407 e. The van der Waals surface area contributed by atoms with Crippen LogP contribution in [0.2, 0.25) is 0 Å². The number of aromatic amines is 2. The van der Waals surface area contributed by atoms with E-state index in [-0.39, 0.29) is 35.2 Å². The Hall–Kier alpha value is -6.71. The lowest BCUT2D eigenvalue weighted by Crippen LogP contribution is -2.44. The van der Waals surface area contributed by atoms with Crippen LogP contribution in [-0.2, 0) is 19.1 Å². The van der Waals surface area contributed by atoms with Crippen LogP contribution >= 0.6 is 11.8 Å². The highest BCUT2D eigenvalue weighted by Gasteiger charge is 2.43. The fraction of sp³-hybridized carbons (Fsp3) is 0.333. The minimum absolute atomic E-state index is 0.00824. The molecule has 2 aliphatic heterocycles. The van der Waals surface area contributed by atoms with Gasteiger partial charge in [-0.1, -0.05) is 109 Å². The van der Waals surface area contributed by atoms with Crippen molar-refractivity contribution in [1.29, 1.82) is 0 Å². The van der Waals surface area contributed by atoms with Crippen LogP contribution in [0.1, 0.15) is 85.5 Å². The van der Waals surface area contributed by atoms with Crippen molar-refractivity contribution in [3.8, 4) is 33.6 Å². The molecule has 3 fully saturated rings. The van der Waals surface area contributed by atoms with Crippen molar-refractivity contribution in [2.75, 3.05) is 33.5 Å². The van der Waals surface area contributed by atoms with Gasteiger partial charge in [0.25, 0.3) is 5.91 Å². The van der Waals surface area contributed by atoms with E-state index in [0.29, 0.717) is 42.6 Å². The number of methoxy groups -OCH3 is 1. The molecule has 14 nitrogen and oxygen atoms in total. The number of hydrogen-bond donors (Lipinski definition) is 4. The molecule has 0 radical (unpaired) electrons. The Labute approximate surface area is 388 Å². The Morgan fingerprint density at radius 1 is 0.742 bits per heavy atom. The van der Waals surface area contributed by atoms with Crippen LogP contribution in [0.5, 0.6) is 0 Å². The number of hydrogen-bond acceptors (Lipinski definition) is 9. The predicted octanol–water partition coefficient (Wildman–Crippen LogP) is 8.20. The molecule has 2 saturated heterocycles. The third kappa shape index (κ3) is 9.77. The highest BCUT2D eigenvalue weighted by Crippen LogP contribution is 2.43. The highest BCUT2D eigenvalue weighted by molar-refractivity contribution is 8.00. The van der Waals surface area contributed by atoms with E-state index < -0.39 is 18.2 Å². The number of carbonyl (C=O) groups excluding carboxylic acids is 4. The average molecular weight is 906 g/mol. The van der Waals surface area contributed by atoms with Crippen molar-refractivity contribution < 1.29 is 23.9 Å². The van der Waals surface area contributed by atoms with Crippen molar-refractivity contribution in [2.24, 2.45) is 0 Å². The molecule has 1 saturated carbocycles. The van der Waals surface area contributed by atoms with E-state index in [2.05, 4.69) is 69.1 Å². The molecule has 4 aromatic carbocycles. The zero-order valence-corrected chi connectivity index (χ0v) is 38.2. The number of likely N-dealkylation sites (tertiary alicyclic amines) is 1. The summed E-state index contributed by atoms with van der Waals surface area (Å²) in [4.78, 5) is 75.9. The molecule has 2 aromatic heterocycles. The number of imidazole rings is 2. The molecule has 0 bridgehead atoms. The molecular formula is C51H55N9O5S. The van der Waals surface area contributed by atoms with Gasteiger partial charge < -0.3 is 35.1 Å². The molecule has 0 spiro atoms. The Balaban J connectivity index is 0.876. The molecule has 4 heterocycles. The van der Waals surface area contributed by atoms with Gasteiger partial charge >= 0.3 is 6.09 Å². The normalized spacial score (nSPS) is 19.1. The standard InChI is InChI=1S/C51H55N9O5S/c1-58(2)46(37-13-8-5-9-14-37)50(63)60-42(31-66-44(60)27-26-43(61)54-38-24-25-38)48-53-30-40(56-48)35-22-18-33(19-23-35)32-16-20-34(21-17-32)39-29-52-47(55-39)41-15-10-28-59(41)49(62)45(57-51(64)65-3)36-11-6-4-7-12-36/h4-9,11-14,16-23,29-30,38,41-42,44-46H,10,15,24-28,31H2,1-3H3,(H,52,55)(H,53,56)(H,54,61)(H,57,64)/t41-,42-,44?,45+,46?/m0/s1. The van der Waals surface area contributed by atoms with Gasteiger partial charge in [-0.25, -0.2) is 14.8 Å². The van der Waals surface area contributed by atoms with E-state index in [9.17, 15) is 19.2 Å². The maximum atomic E-state index is 14.6. The van der Waals surface area contributed by atoms with Crippen LogP contribution in [-0.4, -0.2) is 103 Å². The summed E-state index contributed by atoms with van der Waals surface area (Å²) in [6.45, 7) is 0.551.